The van der Waals surface area contributed by atoms with Gasteiger partial charge in [-0.25, -0.2) is 8.42 Å². The molecule has 2 amide bonds. The first-order valence-corrected chi connectivity index (χ1v) is 30.8. The molecule has 0 bridgehead atoms. The number of benzene rings is 5. The number of carbonyl (C=O) groups excluding carboxylic acids is 2. The van der Waals surface area contributed by atoms with E-state index in [1.165, 1.54) is 46.9 Å². The van der Waals surface area contributed by atoms with Crippen LogP contribution in [0.1, 0.15) is 112 Å². The SMILES string of the molecule is CC(C)N1C(=O)C2(CCNCC2)c2cc(NCc3ccccc3)ccc21.COc1cc2c(cc1C)C1(CCNCC1)C(=O)N2C(C)C.CS(=O)(=O)N1CC2(CCNCC2)c2ccccc21.c1ccc2c(c1)OCC21CCNCC1. The third kappa shape index (κ3) is 10.8. The molecule has 0 atom stereocenters. The summed E-state index contributed by atoms with van der Waals surface area (Å²) in [6.07, 6.45) is 9.26. The molecule has 79 heavy (non-hydrogen) atoms. The van der Waals surface area contributed by atoms with E-state index in [-0.39, 0.29) is 40.1 Å². The minimum absolute atomic E-state index is 0.0188. The fourth-order valence-electron chi connectivity index (χ4n) is 14.0. The van der Waals surface area contributed by atoms with Crippen LogP contribution in [-0.4, -0.2) is 111 Å². The maximum Gasteiger partial charge on any atom is 0.238 e. The quantitative estimate of drug-likeness (QED) is 0.106. The number of hydrogen-bond acceptors (Lipinski definition) is 11. The molecule has 0 unspecified atom stereocenters. The van der Waals surface area contributed by atoms with Crippen LogP contribution in [0.4, 0.5) is 22.7 Å². The molecule has 8 heterocycles. The van der Waals surface area contributed by atoms with Crippen molar-refractivity contribution < 1.29 is 27.5 Å². The molecule has 4 fully saturated rings. The van der Waals surface area contributed by atoms with Gasteiger partial charge >= 0.3 is 0 Å². The molecule has 4 spiro atoms. The van der Waals surface area contributed by atoms with Gasteiger partial charge in [0.1, 0.15) is 11.5 Å². The Morgan fingerprint density at radius 2 is 1.09 bits per heavy atom. The van der Waals surface area contributed by atoms with Crippen molar-refractivity contribution in [3.8, 4) is 11.5 Å². The van der Waals surface area contributed by atoms with Crippen LogP contribution >= 0.6 is 0 Å². The molecule has 8 aliphatic rings. The number of fused-ring (bicyclic) bond motifs is 8. The van der Waals surface area contributed by atoms with E-state index < -0.39 is 10.0 Å². The average molecular weight is 1090 g/mol. The number of methoxy groups -OCH3 is 1. The van der Waals surface area contributed by atoms with E-state index in [9.17, 15) is 18.0 Å². The summed E-state index contributed by atoms with van der Waals surface area (Å²) in [7, 11) is -1.49. The molecule has 0 aromatic heterocycles. The highest BCUT2D eigenvalue weighted by Crippen LogP contribution is 2.52. The van der Waals surface area contributed by atoms with Gasteiger partial charge in [-0.15, -0.1) is 0 Å². The predicted octanol–water partition coefficient (Wildman–Crippen LogP) is 8.84. The lowest BCUT2D eigenvalue weighted by Crippen LogP contribution is -2.48. The van der Waals surface area contributed by atoms with E-state index in [1.807, 2.05) is 40.1 Å². The Balaban J connectivity index is 0.000000121. The second kappa shape index (κ2) is 23.2. The maximum absolute atomic E-state index is 13.3. The summed E-state index contributed by atoms with van der Waals surface area (Å²) >= 11 is 0. The minimum Gasteiger partial charge on any atom is -0.496 e. The van der Waals surface area contributed by atoms with Crippen LogP contribution in [-0.2, 0) is 47.8 Å². The standard InChI is InChI=1S/C22H27N3O.C17H24N2O2.C13H18N2O2S.C12H15NO/c1-16(2)25-20-9-8-18(24-15-17-6-4-3-5-7-17)14-19(20)22(21(25)26)10-12-23-13-11-22;1-11(2)19-14-10-15(21-4)12(3)9-13(14)17(16(19)20)5-7-18-8-6-17;1-18(16,17)15-10-13(6-8-14-9-7-13)11-4-2-3-5-12(11)15;1-2-4-11-10(3-1)12(9-14-11)5-7-13-8-6-12/h3-9,14,16,23-24H,10-13,15H2,1-2H3;9-11,18H,5-8H2,1-4H3;2-5,14H,6-10H2,1H3;1-4,13H,5-9H2. The summed E-state index contributed by atoms with van der Waals surface area (Å²) in [5.41, 5.74) is 11.2. The monoisotopic (exact) mass is 1090 g/mol. The van der Waals surface area contributed by atoms with Crippen LogP contribution < -0.4 is 50.2 Å². The van der Waals surface area contributed by atoms with Gasteiger partial charge in [0, 0.05) is 59.0 Å². The van der Waals surface area contributed by atoms with Crippen LogP contribution in [0.3, 0.4) is 0 Å². The van der Waals surface area contributed by atoms with Crippen LogP contribution in [0.25, 0.3) is 0 Å². The third-order valence-corrected chi connectivity index (χ3v) is 19.4. The molecule has 5 aromatic rings. The van der Waals surface area contributed by atoms with Crippen molar-refractivity contribution in [3.05, 3.63) is 143 Å². The number of rotatable bonds is 7. The molecule has 14 nitrogen and oxygen atoms in total. The van der Waals surface area contributed by atoms with Crippen molar-refractivity contribution in [2.24, 2.45) is 0 Å². The Bertz CT molecular complexity index is 3080. The van der Waals surface area contributed by atoms with Gasteiger partial charge in [0.05, 0.1) is 42.2 Å². The first kappa shape index (κ1) is 56.3. The third-order valence-electron chi connectivity index (χ3n) is 18.3. The highest BCUT2D eigenvalue weighted by molar-refractivity contribution is 7.92. The molecular formula is C64H84N8O6S. The van der Waals surface area contributed by atoms with Gasteiger partial charge in [-0.3, -0.25) is 13.9 Å². The minimum atomic E-state index is -3.18. The van der Waals surface area contributed by atoms with Crippen molar-refractivity contribution >= 4 is 44.6 Å². The fourth-order valence-corrected chi connectivity index (χ4v) is 15.0. The summed E-state index contributed by atoms with van der Waals surface area (Å²) < 4.78 is 36.7. The van der Waals surface area contributed by atoms with Gasteiger partial charge in [0.2, 0.25) is 21.8 Å². The molecule has 5 N–H and O–H groups in total. The van der Waals surface area contributed by atoms with Crippen LogP contribution in [0.5, 0.6) is 11.5 Å². The van der Waals surface area contributed by atoms with Crippen LogP contribution in [0, 0.1) is 6.92 Å². The zero-order chi connectivity index (χ0) is 55.6. The average Bonchev–Trinajstić information content (AvgIpc) is 4.10. The molecule has 8 aliphatic heterocycles. The number of anilines is 4. The van der Waals surface area contributed by atoms with Crippen LogP contribution in [0.2, 0.25) is 0 Å². The molecular weight excluding hydrogens is 1010 g/mol. The summed E-state index contributed by atoms with van der Waals surface area (Å²) in [6.45, 7) is 20.5. The highest BCUT2D eigenvalue weighted by atomic mass is 32.2. The summed E-state index contributed by atoms with van der Waals surface area (Å²) in [5.74, 6) is 2.51. The molecule has 5 aromatic carbocycles. The largest absolute Gasteiger partial charge is 0.496 e. The van der Waals surface area contributed by atoms with Gasteiger partial charge in [-0.2, -0.15) is 0 Å². The molecule has 0 radical (unpaired) electrons. The molecule has 422 valence electrons. The summed E-state index contributed by atoms with van der Waals surface area (Å²) in [6, 6.07) is 37.8. The Kier molecular flexibility index (Phi) is 16.6. The Morgan fingerprint density at radius 3 is 1.66 bits per heavy atom. The van der Waals surface area contributed by atoms with Crippen molar-refractivity contribution in [2.45, 2.75) is 126 Å². The van der Waals surface area contributed by atoms with E-state index in [1.54, 1.807) is 11.4 Å². The molecule has 0 saturated carbocycles. The van der Waals surface area contributed by atoms with Gasteiger partial charge in [0.25, 0.3) is 0 Å². The lowest BCUT2D eigenvalue weighted by molar-refractivity contribution is -0.125. The number of hydrogen-bond donors (Lipinski definition) is 5. The number of piperidine rings is 4. The molecule has 13 rings (SSSR count). The number of aryl methyl sites for hydroxylation is 1. The normalized spacial score (nSPS) is 20.6. The Morgan fingerprint density at radius 1 is 0.582 bits per heavy atom. The van der Waals surface area contributed by atoms with Crippen molar-refractivity contribution in [2.75, 3.05) is 98.3 Å². The second-order valence-corrected chi connectivity index (χ2v) is 25.7. The second-order valence-electron chi connectivity index (χ2n) is 23.7. The van der Waals surface area contributed by atoms with Crippen LogP contribution in [0.15, 0.2) is 109 Å². The Labute approximate surface area is 469 Å². The lowest BCUT2D eigenvalue weighted by Gasteiger charge is -2.34. The van der Waals surface area contributed by atoms with Crippen molar-refractivity contribution in [1.82, 2.24) is 21.3 Å². The van der Waals surface area contributed by atoms with E-state index in [4.69, 9.17) is 9.47 Å². The maximum atomic E-state index is 13.3. The summed E-state index contributed by atoms with van der Waals surface area (Å²) in [4.78, 5) is 30.5. The number of nitrogens with one attached hydrogen (secondary N) is 5. The zero-order valence-electron chi connectivity index (χ0n) is 47.7. The lowest BCUT2D eigenvalue weighted by atomic mass is 9.74. The number of carbonyl (C=O) groups is 2. The van der Waals surface area contributed by atoms with Gasteiger partial charge in [-0.1, -0.05) is 66.7 Å². The number of amides is 2. The van der Waals surface area contributed by atoms with Gasteiger partial charge < -0.3 is 45.9 Å². The van der Waals surface area contributed by atoms with E-state index in [2.05, 4.69) is 140 Å². The number of sulfonamides is 1. The first-order chi connectivity index (χ1) is 38.1. The van der Waals surface area contributed by atoms with E-state index in [0.29, 0.717) is 12.0 Å². The molecule has 0 aliphatic carbocycles. The Hall–Kier alpha value is -5.97. The predicted molar refractivity (Wildman–Crippen MR) is 319 cm³/mol. The molecule has 15 heteroatoms. The zero-order valence-corrected chi connectivity index (χ0v) is 48.5. The first-order valence-electron chi connectivity index (χ1n) is 29.0. The number of nitrogens with zero attached hydrogens (tertiary/aromatic N) is 3. The summed E-state index contributed by atoms with van der Waals surface area (Å²) in [5, 5.41) is 17.1. The molecule has 4 saturated heterocycles. The van der Waals surface area contributed by atoms with Crippen molar-refractivity contribution in [1.29, 1.82) is 0 Å². The highest BCUT2D eigenvalue weighted by Gasteiger charge is 2.53. The van der Waals surface area contributed by atoms with E-state index in [0.717, 1.165) is 144 Å². The van der Waals surface area contributed by atoms with Gasteiger partial charge in [-0.05, 0) is 203 Å². The number of para-hydroxylation sites is 2. The fraction of sp³-hybridized carbons (Fsp3) is 0.500. The van der Waals surface area contributed by atoms with Gasteiger partial charge in [0.15, 0.2) is 0 Å². The smallest absolute Gasteiger partial charge is 0.238 e. The van der Waals surface area contributed by atoms with Crippen molar-refractivity contribution in [3.63, 3.8) is 0 Å². The number of ether oxygens (including phenoxy) is 2. The topological polar surface area (TPSA) is 157 Å². The van der Waals surface area contributed by atoms with E-state index >= 15 is 0 Å².